The lowest BCUT2D eigenvalue weighted by atomic mass is 9.93. The second-order valence-electron chi connectivity index (χ2n) is 8.39. The second kappa shape index (κ2) is 9.47. The number of fused-ring (bicyclic) bond motifs is 1. The lowest BCUT2D eigenvalue weighted by molar-refractivity contribution is -0.384. The number of rotatable bonds is 6. The molecule has 186 valence electrons. The second-order valence-corrected chi connectivity index (χ2v) is 9.40. The van der Waals surface area contributed by atoms with E-state index in [1.54, 1.807) is 62.6 Å². The molecule has 1 aliphatic rings. The molecule has 0 aliphatic carbocycles. The lowest BCUT2D eigenvalue weighted by Gasteiger charge is -2.24. The van der Waals surface area contributed by atoms with E-state index in [0.29, 0.717) is 43.4 Å². The van der Waals surface area contributed by atoms with Gasteiger partial charge in [-0.2, -0.15) is 0 Å². The molecular formula is C27H21N3O6S. The normalized spacial score (nSPS) is 15.3. The van der Waals surface area contributed by atoms with Gasteiger partial charge in [-0.1, -0.05) is 35.6 Å². The van der Waals surface area contributed by atoms with Crippen molar-refractivity contribution in [2.75, 3.05) is 7.11 Å². The van der Waals surface area contributed by atoms with E-state index in [0.717, 1.165) is 5.56 Å². The highest BCUT2D eigenvalue weighted by molar-refractivity contribution is 7.07. The fourth-order valence-electron chi connectivity index (χ4n) is 4.42. The molecule has 0 spiro atoms. The van der Waals surface area contributed by atoms with E-state index in [1.165, 1.54) is 28.9 Å². The van der Waals surface area contributed by atoms with Crippen LogP contribution in [0.2, 0.25) is 0 Å². The number of hydrogen-bond acceptors (Lipinski definition) is 8. The highest BCUT2D eigenvalue weighted by atomic mass is 32.1. The summed E-state index contributed by atoms with van der Waals surface area (Å²) in [5, 5.41) is 11.4. The molecule has 10 heteroatoms. The van der Waals surface area contributed by atoms with Crippen molar-refractivity contribution in [3.05, 3.63) is 113 Å². The van der Waals surface area contributed by atoms with Gasteiger partial charge in [0, 0.05) is 23.4 Å². The zero-order chi connectivity index (χ0) is 26.3. The molecule has 0 saturated heterocycles. The highest BCUT2D eigenvalue weighted by Gasteiger charge is 2.30. The summed E-state index contributed by atoms with van der Waals surface area (Å²) < 4.78 is 13.0. The van der Waals surface area contributed by atoms with Gasteiger partial charge in [0.05, 0.1) is 28.2 Å². The third kappa shape index (κ3) is 4.31. The number of aromatic nitrogens is 1. The van der Waals surface area contributed by atoms with Crippen LogP contribution in [0.4, 0.5) is 5.69 Å². The fraction of sp³-hybridized carbons (Fsp3) is 0.148. The molecule has 37 heavy (non-hydrogen) atoms. The molecule has 2 aromatic carbocycles. The average molecular weight is 516 g/mol. The largest absolute Gasteiger partial charge is 0.497 e. The van der Waals surface area contributed by atoms with Crippen LogP contribution in [0.1, 0.15) is 31.2 Å². The Morgan fingerprint density at radius 2 is 1.89 bits per heavy atom. The van der Waals surface area contributed by atoms with Crippen LogP contribution in [0.15, 0.2) is 86.1 Å². The minimum absolute atomic E-state index is 0.0745. The number of nitrogens with zero attached hydrogens (tertiary/aromatic N) is 3. The third-order valence-electron chi connectivity index (χ3n) is 6.10. The van der Waals surface area contributed by atoms with Gasteiger partial charge in [0.2, 0.25) is 0 Å². The van der Waals surface area contributed by atoms with Gasteiger partial charge < -0.3 is 9.15 Å². The molecule has 2 aromatic heterocycles. The van der Waals surface area contributed by atoms with Gasteiger partial charge in [0.15, 0.2) is 10.6 Å². The molecule has 3 heterocycles. The Hall–Kier alpha value is -4.57. The first-order chi connectivity index (χ1) is 17.8. The van der Waals surface area contributed by atoms with E-state index in [-0.39, 0.29) is 17.0 Å². The quantitative estimate of drug-likeness (QED) is 0.283. The number of carbonyl (C=O) groups excluding carboxylic acids is 1. The predicted molar refractivity (Wildman–Crippen MR) is 138 cm³/mol. The van der Waals surface area contributed by atoms with E-state index < -0.39 is 11.0 Å². The number of benzene rings is 2. The number of hydrogen-bond donors (Lipinski definition) is 0. The maximum atomic E-state index is 13.6. The van der Waals surface area contributed by atoms with E-state index in [9.17, 15) is 19.7 Å². The van der Waals surface area contributed by atoms with E-state index >= 15 is 0 Å². The van der Waals surface area contributed by atoms with Crippen molar-refractivity contribution in [2.45, 2.75) is 19.9 Å². The van der Waals surface area contributed by atoms with Crippen LogP contribution in [-0.2, 0) is 4.79 Å². The molecule has 0 saturated carbocycles. The number of nitro groups is 1. The SMILES string of the molecule is COc1ccc([C@@H]2C(C(C)=O)=C(C)N=c3s/c(=C/c4ccc(-c5ccccc5[N+](=O)[O-])o4)c(=O)n32)cc1. The maximum Gasteiger partial charge on any atom is 0.280 e. The van der Waals surface area contributed by atoms with Crippen molar-refractivity contribution >= 4 is 28.9 Å². The van der Waals surface area contributed by atoms with E-state index in [4.69, 9.17) is 9.15 Å². The molecule has 0 unspecified atom stereocenters. The van der Waals surface area contributed by atoms with Crippen molar-refractivity contribution < 1.29 is 18.9 Å². The summed E-state index contributed by atoms with van der Waals surface area (Å²) in [7, 11) is 1.57. The molecule has 0 bridgehead atoms. The van der Waals surface area contributed by atoms with Crippen LogP contribution in [0.3, 0.4) is 0 Å². The third-order valence-corrected chi connectivity index (χ3v) is 7.08. The van der Waals surface area contributed by atoms with Crippen LogP contribution >= 0.6 is 11.3 Å². The zero-order valence-corrected chi connectivity index (χ0v) is 20.9. The first-order valence-corrected chi connectivity index (χ1v) is 12.1. The number of ether oxygens (including phenoxy) is 1. The van der Waals surface area contributed by atoms with Crippen LogP contribution in [-0.4, -0.2) is 22.4 Å². The average Bonchev–Trinajstić information content (AvgIpc) is 3.47. The van der Waals surface area contributed by atoms with Crippen LogP contribution < -0.4 is 19.6 Å². The molecule has 1 atom stereocenters. The molecule has 0 N–H and O–H groups in total. The summed E-state index contributed by atoms with van der Waals surface area (Å²) in [5.74, 6) is 1.17. The Kier molecular flexibility index (Phi) is 6.18. The summed E-state index contributed by atoms with van der Waals surface area (Å²) >= 11 is 1.18. The van der Waals surface area contributed by atoms with Gasteiger partial charge in [-0.05, 0) is 49.7 Å². The Labute approximate surface area is 214 Å². The number of furan rings is 1. The van der Waals surface area contributed by atoms with Crippen molar-refractivity contribution in [3.63, 3.8) is 0 Å². The van der Waals surface area contributed by atoms with E-state index in [1.807, 2.05) is 12.1 Å². The Morgan fingerprint density at radius 1 is 1.16 bits per heavy atom. The number of carbonyl (C=O) groups is 1. The van der Waals surface area contributed by atoms with Gasteiger partial charge in [-0.15, -0.1) is 0 Å². The Balaban J connectivity index is 1.63. The smallest absolute Gasteiger partial charge is 0.280 e. The molecule has 0 fully saturated rings. The van der Waals surface area contributed by atoms with Crippen molar-refractivity contribution in [1.29, 1.82) is 0 Å². The maximum absolute atomic E-state index is 13.6. The highest BCUT2D eigenvalue weighted by Crippen LogP contribution is 2.32. The van der Waals surface area contributed by atoms with Crippen molar-refractivity contribution in [3.8, 4) is 17.1 Å². The number of ketones is 1. The minimum Gasteiger partial charge on any atom is -0.497 e. The zero-order valence-electron chi connectivity index (χ0n) is 20.1. The van der Waals surface area contributed by atoms with Crippen LogP contribution in [0, 0.1) is 10.1 Å². The molecule has 0 radical (unpaired) electrons. The van der Waals surface area contributed by atoms with Crippen LogP contribution in [0.5, 0.6) is 5.75 Å². The van der Waals surface area contributed by atoms with Gasteiger partial charge >= 0.3 is 0 Å². The predicted octanol–water partition coefficient (Wildman–Crippen LogP) is 4.00. The van der Waals surface area contributed by atoms with Crippen molar-refractivity contribution in [1.82, 2.24) is 4.57 Å². The summed E-state index contributed by atoms with van der Waals surface area (Å²) in [4.78, 5) is 42.2. The molecule has 1 aliphatic heterocycles. The first-order valence-electron chi connectivity index (χ1n) is 11.3. The monoisotopic (exact) mass is 515 g/mol. The fourth-order valence-corrected chi connectivity index (χ4v) is 5.44. The number of para-hydroxylation sites is 1. The van der Waals surface area contributed by atoms with Gasteiger partial charge in [-0.3, -0.25) is 24.3 Å². The van der Waals surface area contributed by atoms with Crippen molar-refractivity contribution in [2.24, 2.45) is 4.99 Å². The number of Topliss-reactive ketones (excluding diaryl/α,β-unsaturated/α-hetero) is 1. The number of nitro benzene ring substituents is 1. The molecule has 4 aromatic rings. The Morgan fingerprint density at radius 3 is 2.57 bits per heavy atom. The molecular weight excluding hydrogens is 494 g/mol. The Bertz CT molecular complexity index is 1760. The van der Waals surface area contributed by atoms with Crippen LogP contribution in [0.25, 0.3) is 17.4 Å². The lowest BCUT2D eigenvalue weighted by Crippen LogP contribution is -2.39. The number of allylic oxidation sites excluding steroid dienone is 2. The summed E-state index contributed by atoms with van der Waals surface area (Å²) in [6.45, 7) is 3.23. The molecule has 0 amide bonds. The van der Waals surface area contributed by atoms with E-state index in [2.05, 4.69) is 4.99 Å². The standard InChI is InChI=1S/C27H21N3O6S/c1-15-24(16(2)31)25(17-8-10-18(35-3)11-9-17)29-26(32)23(37-27(29)28-15)14-19-12-13-22(36-19)20-6-4-5-7-21(20)30(33)34/h4-14,25H,1-3H3/b23-14+/t25-/m1/s1. The molecule has 9 nitrogen and oxygen atoms in total. The first kappa shape index (κ1) is 24.1. The summed E-state index contributed by atoms with van der Waals surface area (Å²) in [5.41, 5.74) is 1.70. The summed E-state index contributed by atoms with van der Waals surface area (Å²) in [6.07, 6.45) is 1.58. The number of methoxy groups -OCH3 is 1. The molecule has 5 rings (SSSR count). The van der Waals surface area contributed by atoms with Gasteiger partial charge in [0.25, 0.3) is 11.2 Å². The topological polar surface area (TPSA) is 117 Å². The van der Waals surface area contributed by atoms with Gasteiger partial charge in [0.1, 0.15) is 17.3 Å². The summed E-state index contributed by atoms with van der Waals surface area (Å²) in [6, 6.07) is 16.2. The number of thiazole rings is 1. The minimum atomic E-state index is -0.638. The van der Waals surface area contributed by atoms with Gasteiger partial charge in [-0.25, -0.2) is 4.99 Å².